The van der Waals surface area contributed by atoms with Gasteiger partial charge in [-0.25, -0.2) is 0 Å². The molecule has 0 aromatic carbocycles. The van der Waals surface area contributed by atoms with Crippen LogP contribution in [0.25, 0.3) is 0 Å². The molecule has 1 aliphatic heterocycles. The average Bonchev–Trinajstić information content (AvgIpc) is 3.01. The number of aliphatic hydroxyl groups is 1. The fraction of sp³-hybridized carbons (Fsp3) is 0.571. The zero-order valence-corrected chi connectivity index (χ0v) is 12.4. The molecule has 0 bridgehead atoms. The number of thiophene rings is 1. The Labute approximate surface area is 122 Å². The third-order valence-electron chi connectivity index (χ3n) is 3.65. The number of nitrogens with one attached hydrogen (secondary N) is 1. The van der Waals surface area contributed by atoms with Crippen molar-refractivity contribution in [2.75, 3.05) is 19.7 Å². The first kappa shape index (κ1) is 15.0. The molecule has 0 aliphatic carbocycles. The summed E-state index contributed by atoms with van der Waals surface area (Å²) >= 11 is 1.36. The smallest absolute Gasteiger partial charge is 0.261 e. The maximum Gasteiger partial charge on any atom is 0.261 e. The van der Waals surface area contributed by atoms with Gasteiger partial charge >= 0.3 is 0 Å². The molecule has 1 aromatic heterocycles. The van der Waals surface area contributed by atoms with E-state index in [4.69, 9.17) is 5.11 Å². The Bertz CT molecular complexity index is 453. The zero-order valence-electron chi connectivity index (χ0n) is 11.5. The second-order valence-corrected chi connectivity index (χ2v) is 6.07. The minimum atomic E-state index is -0.518. The molecule has 0 saturated carbocycles. The molecule has 1 saturated heterocycles. The molecule has 1 atom stereocenters. The third-order valence-corrected chi connectivity index (χ3v) is 4.52. The largest absolute Gasteiger partial charge is 0.396 e. The number of aliphatic hydroxyl groups excluding tert-OH is 1. The lowest BCUT2D eigenvalue weighted by atomic mass is 9.97. The molecular weight excluding hydrogens is 276 g/mol. The number of likely N-dealkylation sites (tertiary alicyclic amines) is 1. The quantitative estimate of drug-likeness (QED) is 0.874. The molecule has 2 amide bonds. The molecule has 1 unspecified atom stereocenters. The van der Waals surface area contributed by atoms with Crippen LogP contribution in [0.5, 0.6) is 0 Å². The van der Waals surface area contributed by atoms with Crippen molar-refractivity contribution in [3.8, 4) is 0 Å². The zero-order chi connectivity index (χ0) is 14.5. The number of carbonyl (C=O) groups excluding carboxylic acids is 2. The minimum Gasteiger partial charge on any atom is -0.396 e. The highest BCUT2D eigenvalue weighted by molar-refractivity contribution is 7.12. The van der Waals surface area contributed by atoms with Gasteiger partial charge in [0, 0.05) is 19.7 Å². The van der Waals surface area contributed by atoms with Gasteiger partial charge in [0.2, 0.25) is 5.91 Å². The number of nitrogens with zero attached hydrogens (tertiary/aromatic N) is 1. The van der Waals surface area contributed by atoms with E-state index in [9.17, 15) is 9.59 Å². The lowest BCUT2D eigenvalue weighted by Crippen LogP contribution is -2.49. The first-order valence-corrected chi connectivity index (χ1v) is 7.73. The lowest BCUT2D eigenvalue weighted by molar-refractivity contribution is -0.134. The molecule has 110 valence electrons. The van der Waals surface area contributed by atoms with Crippen LogP contribution in [0.1, 0.15) is 29.4 Å². The number of carbonyl (C=O) groups is 2. The Morgan fingerprint density at radius 2 is 2.20 bits per heavy atom. The molecule has 5 nitrogen and oxygen atoms in total. The van der Waals surface area contributed by atoms with Gasteiger partial charge in [-0.2, -0.15) is 0 Å². The van der Waals surface area contributed by atoms with Gasteiger partial charge in [0.15, 0.2) is 0 Å². The Morgan fingerprint density at radius 1 is 1.50 bits per heavy atom. The van der Waals surface area contributed by atoms with Crippen molar-refractivity contribution in [1.82, 2.24) is 10.2 Å². The summed E-state index contributed by atoms with van der Waals surface area (Å²) in [6.07, 6.45) is 1.65. The highest BCUT2D eigenvalue weighted by Gasteiger charge is 2.26. The Kier molecular flexibility index (Phi) is 5.14. The molecular formula is C14H20N2O3S. The van der Waals surface area contributed by atoms with Gasteiger partial charge in [0.05, 0.1) is 4.88 Å². The van der Waals surface area contributed by atoms with Crippen LogP contribution in [0.3, 0.4) is 0 Å². The van der Waals surface area contributed by atoms with Gasteiger partial charge in [0.25, 0.3) is 5.91 Å². The van der Waals surface area contributed by atoms with Crippen LogP contribution in [0.15, 0.2) is 17.5 Å². The van der Waals surface area contributed by atoms with E-state index in [0.717, 1.165) is 12.8 Å². The van der Waals surface area contributed by atoms with Gasteiger partial charge in [-0.15, -0.1) is 11.3 Å². The fourth-order valence-corrected chi connectivity index (χ4v) is 2.97. The van der Waals surface area contributed by atoms with Crippen LogP contribution < -0.4 is 5.32 Å². The number of hydrogen-bond donors (Lipinski definition) is 2. The Balaban J connectivity index is 1.85. The molecule has 6 heteroatoms. The molecule has 0 spiro atoms. The predicted octanol–water partition coefficient (Wildman–Crippen LogP) is 1.10. The SMILES string of the molecule is CC(NC(=O)c1cccs1)C(=O)N1CCC(CO)CC1. The van der Waals surface area contributed by atoms with Crippen LogP contribution >= 0.6 is 11.3 Å². The summed E-state index contributed by atoms with van der Waals surface area (Å²) < 4.78 is 0. The number of rotatable bonds is 4. The van der Waals surface area contributed by atoms with Gasteiger partial charge in [0.1, 0.15) is 6.04 Å². The number of hydrogen-bond acceptors (Lipinski definition) is 4. The van der Waals surface area contributed by atoms with Crippen molar-refractivity contribution in [3.05, 3.63) is 22.4 Å². The van der Waals surface area contributed by atoms with E-state index in [-0.39, 0.29) is 18.4 Å². The van der Waals surface area contributed by atoms with Gasteiger partial charge in [-0.3, -0.25) is 9.59 Å². The van der Waals surface area contributed by atoms with E-state index in [1.807, 2.05) is 11.4 Å². The van der Waals surface area contributed by atoms with E-state index in [1.54, 1.807) is 17.9 Å². The molecule has 2 rings (SSSR count). The van der Waals surface area contributed by atoms with E-state index in [2.05, 4.69) is 5.32 Å². The Morgan fingerprint density at radius 3 is 2.75 bits per heavy atom. The number of amides is 2. The van der Waals surface area contributed by atoms with E-state index in [1.165, 1.54) is 11.3 Å². The molecule has 1 aromatic rings. The summed E-state index contributed by atoms with van der Waals surface area (Å²) in [5.41, 5.74) is 0. The predicted molar refractivity (Wildman–Crippen MR) is 77.6 cm³/mol. The summed E-state index contributed by atoms with van der Waals surface area (Å²) in [6.45, 7) is 3.21. The normalized spacial score (nSPS) is 17.8. The maximum absolute atomic E-state index is 12.3. The van der Waals surface area contributed by atoms with Crippen LogP contribution in [-0.4, -0.2) is 47.6 Å². The maximum atomic E-state index is 12.3. The first-order valence-electron chi connectivity index (χ1n) is 6.86. The van der Waals surface area contributed by atoms with Crippen molar-refractivity contribution in [2.24, 2.45) is 5.92 Å². The lowest BCUT2D eigenvalue weighted by Gasteiger charge is -2.33. The monoisotopic (exact) mass is 296 g/mol. The van der Waals surface area contributed by atoms with Crippen molar-refractivity contribution in [1.29, 1.82) is 0 Å². The Hall–Kier alpha value is -1.40. The van der Waals surface area contributed by atoms with E-state index >= 15 is 0 Å². The standard InChI is InChI=1S/C14H20N2O3S/c1-10(15-13(18)12-3-2-8-20-12)14(19)16-6-4-11(9-17)5-7-16/h2-3,8,10-11,17H,4-7,9H2,1H3,(H,15,18). The molecule has 2 N–H and O–H groups in total. The van der Waals surface area contributed by atoms with Gasteiger partial charge in [-0.1, -0.05) is 6.07 Å². The average molecular weight is 296 g/mol. The number of piperidine rings is 1. The molecule has 20 heavy (non-hydrogen) atoms. The van der Waals surface area contributed by atoms with Crippen LogP contribution in [0, 0.1) is 5.92 Å². The van der Waals surface area contributed by atoms with E-state index in [0.29, 0.717) is 23.9 Å². The molecule has 1 aliphatic rings. The second kappa shape index (κ2) is 6.85. The van der Waals surface area contributed by atoms with Crippen LogP contribution in [-0.2, 0) is 4.79 Å². The van der Waals surface area contributed by atoms with Crippen molar-refractivity contribution in [2.45, 2.75) is 25.8 Å². The first-order chi connectivity index (χ1) is 9.61. The third kappa shape index (κ3) is 3.58. The van der Waals surface area contributed by atoms with Crippen molar-refractivity contribution >= 4 is 23.2 Å². The highest BCUT2D eigenvalue weighted by atomic mass is 32.1. The molecule has 1 fully saturated rings. The topological polar surface area (TPSA) is 69.6 Å². The van der Waals surface area contributed by atoms with Crippen molar-refractivity contribution in [3.63, 3.8) is 0 Å². The second-order valence-electron chi connectivity index (χ2n) is 5.12. The molecule has 2 heterocycles. The van der Waals surface area contributed by atoms with E-state index < -0.39 is 6.04 Å². The van der Waals surface area contributed by atoms with Crippen LogP contribution in [0.2, 0.25) is 0 Å². The van der Waals surface area contributed by atoms with Gasteiger partial charge < -0.3 is 15.3 Å². The van der Waals surface area contributed by atoms with Crippen LogP contribution in [0.4, 0.5) is 0 Å². The minimum absolute atomic E-state index is 0.0497. The summed E-state index contributed by atoms with van der Waals surface area (Å²) in [5.74, 6) is 0.0486. The van der Waals surface area contributed by atoms with Crippen molar-refractivity contribution < 1.29 is 14.7 Å². The summed E-state index contributed by atoms with van der Waals surface area (Å²) in [5, 5.41) is 13.7. The summed E-state index contributed by atoms with van der Waals surface area (Å²) in [7, 11) is 0. The molecule has 0 radical (unpaired) electrons. The fourth-order valence-electron chi connectivity index (χ4n) is 2.35. The highest BCUT2D eigenvalue weighted by Crippen LogP contribution is 2.17. The summed E-state index contributed by atoms with van der Waals surface area (Å²) in [4.78, 5) is 26.5. The van der Waals surface area contributed by atoms with Gasteiger partial charge in [-0.05, 0) is 37.1 Å². The summed E-state index contributed by atoms with van der Waals surface area (Å²) in [6, 6.07) is 3.03.